The Morgan fingerprint density at radius 1 is 1.16 bits per heavy atom. The first kappa shape index (κ1) is 19.0. The fourth-order valence-corrected chi connectivity index (χ4v) is 4.08. The molecule has 1 aliphatic heterocycles. The normalized spacial score (nSPS) is 14.1. The molecule has 2 aromatic carbocycles. The van der Waals surface area contributed by atoms with Gasteiger partial charge >= 0.3 is 5.97 Å². The third kappa shape index (κ3) is 3.06. The average Bonchev–Trinajstić information content (AvgIpc) is 3.35. The van der Waals surface area contributed by atoms with Crippen LogP contribution < -0.4 is 4.74 Å². The highest BCUT2D eigenvalue weighted by atomic mass is 16.7. The Hall–Kier alpha value is -4.00. The topological polar surface area (TPSA) is 82.8 Å². The number of oxime groups is 1. The molecule has 0 amide bonds. The minimum Gasteiger partial charge on any atom is -0.486 e. The van der Waals surface area contributed by atoms with Crippen LogP contribution in [0.2, 0.25) is 0 Å². The lowest BCUT2D eigenvalue weighted by atomic mass is 10.0. The van der Waals surface area contributed by atoms with Gasteiger partial charge < -0.3 is 14.1 Å². The Morgan fingerprint density at radius 3 is 2.74 bits per heavy atom. The van der Waals surface area contributed by atoms with Crippen molar-refractivity contribution in [3.63, 3.8) is 0 Å². The molecule has 154 valence electrons. The number of rotatable bonds is 4. The SMILES string of the molecule is CCn1c2ccc(C(=O)c3ccccn3)cc2c2c3c(ccc21)/C(=N/OC(C)=O)CO3. The monoisotopic (exact) mass is 413 g/mol. The molecule has 0 unspecified atom stereocenters. The number of pyridine rings is 1. The van der Waals surface area contributed by atoms with Gasteiger partial charge in [-0.3, -0.25) is 9.78 Å². The van der Waals surface area contributed by atoms with Crippen molar-refractivity contribution in [3.8, 4) is 5.75 Å². The van der Waals surface area contributed by atoms with Gasteiger partial charge in [0.25, 0.3) is 0 Å². The molecule has 0 radical (unpaired) electrons. The summed E-state index contributed by atoms with van der Waals surface area (Å²) in [5, 5.41) is 5.77. The van der Waals surface area contributed by atoms with E-state index in [0.717, 1.165) is 33.9 Å². The molecule has 0 aliphatic carbocycles. The zero-order chi connectivity index (χ0) is 21.5. The third-order valence-electron chi connectivity index (χ3n) is 5.41. The van der Waals surface area contributed by atoms with E-state index in [9.17, 15) is 9.59 Å². The fourth-order valence-electron chi connectivity index (χ4n) is 4.08. The van der Waals surface area contributed by atoms with E-state index < -0.39 is 5.97 Å². The predicted molar refractivity (Wildman–Crippen MR) is 117 cm³/mol. The standard InChI is InChI=1S/C24H19N3O4/c1-3-27-20-9-7-15(23(29)18-6-4-5-11-25-18)12-17(20)22-21(27)10-8-16-19(13-30-24(16)22)26-31-14(2)28/h4-12H,3,13H2,1-2H3/b26-19+. The van der Waals surface area contributed by atoms with Crippen LogP contribution in [-0.4, -0.2) is 33.6 Å². The molecular weight excluding hydrogens is 394 g/mol. The second-order valence-electron chi connectivity index (χ2n) is 7.27. The van der Waals surface area contributed by atoms with Crippen molar-refractivity contribution in [2.75, 3.05) is 6.61 Å². The number of aromatic nitrogens is 2. The second-order valence-corrected chi connectivity index (χ2v) is 7.27. The van der Waals surface area contributed by atoms with Gasteiger partial charge in [-0.1, -0.05) is 11.2 Å². The maximum absolute atomic E-state index is 13.0. The highest BCUT2D eigenvalue weighted by molar-refractivity contribution is 6.19. The van der Waals surface area contributed by atoms with Crippen LogP contribution in [0.1, 0.15) is 35.5 Å². The van der Waals surface area contributed by atoms with Crippen LogP contribution in [0.3, 0.4) is 0 Å². The fraction of sp³-hybridized carbons (Fsp3) is 0.167. The first-order valence-electron chi connectivity index (χ1n) is 10.0. The number of hydrogen-bond donors (Lipinski definition) is 0. The van der Waals surface area contributed by atoms with Crippen LogP contribution in [0, 0.1) is 0 Å². The van der Waals surface area contributed by atoms with Crippen LogP contribution in [0.25, 0.3) is 21.8 Å². The number of carbonyl (C=O) groups is 2. The highest BCUT2D eigenvalue weighted by Crippen LogP contribution is 2.41. The van der Waals surface area contributed by atoms with Gasteiger partial charge in [0, 0.05) is 41.7 Å². The van der Waals surface area contributed by atoms with Crippen molar-refractivity contribution >= 4 is 39.3 Å². The number of ketones is 1. The Bertz CT molecular complexity index is 1390. The van der Waals surface area contributed by atoms with Crippen molar-refractivity contribution in [2.45, 2.75) is 20.4 Å². The van der Waals surface area contributed by atoms with E-state index in [0.29, 0.717) is 22.7 Å². The molecule has 0 saturated carbocycles. The van der Waals surface area contributed by atoms with Crippen LogP contribution in [-0.2, 0) is 16.2 Å². The number of fused-ring (bicyclic) bond motifs is 5. The van der Waals surface area contributed by atoms with Crippen molar-refractivity contribution in [1.82, 2.24) is 9.55 Å². The molecule has 0 bridgehead atoms. The van der Waals surface area contributed by atoms with E-state index in [2.05, 4.69) is 21.6 Å². The zero-order valence-corrected chi connectivity index (χ0v) is 17.1. The Morgan fingerprint density at radius 2 is 2.00 bits per heavy atom. The van der Waals surface area contributed by atoms with E-state index in [1.807, 2.05) is 30.3 Å². The summed E-state index contributed by atoms with van der Waals surface area (Å²) < 4.78 is 8.16. The van der Waals surface area contributed by atoms with Crippen molar-refractivity contribution in [2.24, 2.45) is 5.16 Å². The van der Waals surface area contributed by atoms with Crippen LogP contribution in [0.15, 0.2) is 59.9 Å². The molecule has 0 fully saturated rings. The molecule has 1 aliphatic rings. The summed E-state index contributed by atoms with van der Waals surface area (Å²) in [6.07, 6.45) is 1.61. The van der Waals surface area contributed by atoms with Gasteiger partial charge in [-0.15, -0.1) is 0 Å². The van der Waals surface area contributed by atoms with Gasteiger partial charge in [0.05, 0.1) is 10.9 Å². The van der Waals surface area contributed by atoms with Gasteiger partial charge in [0.1, 0.15) is 23.8 Å². The first-order valence-corrected chi connectivity index (χ1v) is 10.0. The van der Waals surface area contributed by atoms with Gasteiger partial charge in [-0.2, -0.15) is 0 Å². The van der Waals surface area contributed by atoms with Gasteiger partial charge in [0.15, 0.2) is 0 Å². The molecular formula is C24H19N3O4. The summed E-state index contributed by atoms with van der Waals surface area (Å²) in [6.45, 7) is 4.36. The smallest absolute Gasteiger partial charge is 0.331 e. The van der Waals surface area contributed by atoms with Crippen molar-refractivity contribution in [1.29, 1.82) is 0 Å². The van der Waals surface area contributed by atoms with Crippen LogP contribution in [0.4, 0.5) is 0 Å². The third-order valence-corrected chi connectivity index (χ3v) is 5.41. The largest absolute Gasteiger partial charge is 0.486 e. The number of nitrogens with zero attached hydrogens (tertiary/aromatic N) is 3. The number of ether oxygens (including phenoxy) is 1. The number of hydrogen-bond acceptors (Lipinski definition) is 6. The Labute approximate surface area is 177 Å². The maximum Gasteiger partial charge on any atom is 0.331 e. The molecule has 3 heterocycles. The predicted octanol–water partition coefficient (Wildman–Crippen LogP) is 4.10. The van der Waals surface area contributed by atoms with Crippen LogP contribution >= 0.6 is 0 Å². The molecule has 7 nitrogen and oxygen atoms in total. The number of benzene rings is 2. The van der Waals surface area contributed by atoms with Crippen molar-refractivity contribution in [3.05, 3.63) is 71.5 Å². The maximum atomic E-state index is 13.0. The molecule has 31 heavy (non-hydrogen) atoms. The summed E-state index contributed by atoms with van der Waals surface area (Å²) in [5.41, 5.74) is 4.32. The van der Waals surface area contributed by atoms with E-state index in [1.54, 1.807) is 24.4 Å². The van der Waals surface area contributed by atoms with Gasteiger partial charge in [-0.25, -0.2) is 4.79 Å². The van der Waals surface area contributed by atoms with E-state index in [1.165, 1.54) is 6.92 Å². The lowest BCUT2D eigenvalue weighted by Crippen LogP contribution is -2.05. The van der Waals surface area contributed by atoms with E-state index >= 15 is 0 Å². The van der Waals surface area contributed by atoms with Gasteiger partial charge in [0.2, 0.25) is 5.78 Å². The van der Waals surface area contributed by atoms with Crippen LogP contribution in [0.5, 0.6) is 5.75 Å². The highest BCUT2D eigenvalue weighted by Gasteiger charge is 2.26. The quantitative estimate of drug-likeness (QED) is 0.286. The summed E-state index contributed by atoms with van der Waals surface area (Å²) in [4.78, 5) is 33.1. The Kier molecular flexibility index (Phi) is 4.51. The lowest BCUT2D eigenvalue weighted by Gasteiger charge is -2.04. The molecule has 0 N–H and O–H groups in total. The molecule has 5 rings (SSSR count). The molecule has 7 heteroatoms. The lowest BCUT2D eigenvalue weighted by molar-refractivity contribution is -0.140. The van der Waals surface area contributed by atoms with Crippen molar-refractivity contribution < 1.29 is 19.2 Å². The molecule has 2 aromatic heterocycles. The van der Waals surface area contributed by atoms with E-state index in [4.69, 9.17) is 9.57 Å². The molecule has 0 atom stereocenters. The van der Waals surface area contributed by atoms with Gasteiger partial charge in [-0.05, 0) is 49.4 Å². The summed E-state index contributed by atoms with van der Waals surface area (Å²) in [6, 6.07) is 14.9. The molecule has 0 saturated heterocycles. The number of carbonyl (C=O) groups excluding carboxylic acids is 2. The summed E-state index contributed by atoms with van der Waals surface area (Å²) in [5.74, 6) is 0.0656. The minimum atomic E-state index is -0.484. The first-order chi connectivity index (χ1) is 15.1. The molecule has 4 aromatic rings. The zero-order valence-electron chi connectivity index (χ0n) is 17.1. The average molecular weight is 413 g/mol. The molecule has 0 spiro atoms. The Balaban J connectivity index is 1.72. The second kappa shape index (κ2) is 7.36. The number of aryl methyl sites for hydroxylation is 1. The summed E-state index contributed by atoms with van der Waals surface area (Å²) in [7, 11) is 0. The minimum absolute atomic E-state index is 0.134. The van der Waals surface area contributed by atoms with E-state index in [-0.39, 0.29) is 12.4 Å². The summed E-state index contributed by atoms with van der Waals surface area (Å²) >= 11 is 0.